The summed E-state index contributed by atoms with van der Waals surface area (Å²) in [6, 6.07) is -0.719. The minimum atomic E-state index is -0.971. The molecule has 21 heavy (non-hydrogen) atoms. The number of methoxy groups -OCH3 is 1. The van der Waals surface area contributed by atoms with Crippen LogP contribution >= 0.6 is 0 Å². The highest BCUT2D eigenvalue weighted by molar-refractivity contribution is 5.08. The average Bonchev–Trinajstić information content (AvgIpc) is 2.46. The maximum atomic E-state index is 11.1. The van der Waals surface area contributed by atoms with E-state index >= 15 is 0 Å². The van der Waals surface area contributed by atoms with Crippen LogP contribution in [0.1, 0.15) is 26.7 Å². The van der Waals surface area contributed by atoms with Gasteiger partial charge in [-0.2, -0.15) is 4.91 Å². The van der Waals surface area contributed by atoms with Crippen molar-refractivity contribution in [2.75, 3.05) is 26.9 Å². The minimum absolute atomic E-state index is 0.0121. The van der Waals surface area contributed by atoms with Crippen molar-refractivity contribution in [3.8, 4) is 0 Å². The van der Waals surface area contributed by atoms with Crippen LogP contribution in [-0.2, 0) is 9.47 Å². The number of hydrogen-bond acceptors (Lipinski definition) is 6. The zero-order chi connectivity index (χ0) is 16.3. The van der Waals surface area contributed by atoms with Gasteiger partial charge in [-0.25, -0.2) is 0 Å². The monoisotopic (exact) mass is 301 g/mol. The fourth-order valence-electron chi connectivity index (χ4n) is 1.83. The highest BCUT2D eigenvalue weighted by atomic mass is 16.5. The van der Waals surface area contributed by atoms with E-state index in [1.807, 2.05) is 13.0 Å². The molecular formula is C15H27NO5. The predicted molar refractivity (Wildman–Crippen MR) is 82.1 cm³/mol. The molecule has 0 spiro atoms. The van der Waals surface area contributed by atoms with Gasteiger partial charge in [0.1, 0.15) is 18.2 Å². The molecule has 0 heterocycles. The van der Waals surface area contributed by atoms with Gasteiger partial charge >= 0.3 is 0 Å². The summed E-state index contributed by atoms with van der Waals surface area (Å²) in [5.41, 5.74) is 1.45. The van der Waals surface area contributed by atoms with E-state index in [4.69, 9.17) is 14.6 Å². The summed E-state index contributed by atoms with van der Waals surface area (Å²) in [4.78, 5) is 11.1. The first-order valence-corrected chi connectivity index (χ1v) is 7.00. The van der Waals surface area contributed by atoms with Gasteiger partial charge in [-0.1, -0.05) is 23.4 Å². The molecule has 3 atom stereocenters. The predicted octanol–water partition coefficient (Wildman–Crippen LogP) is 1.81. The van der Waals surface area contributed by atoms with Gasteiger partial charge in [0, 0.05) is 20.3 Å². The fourth-order valence-corrected chi connectivity index (χ4v) is 1.83. The van der Waals surface area contributed by atoms with Crippen LogP contribution in [0.4, 0.5) is 0 Å². The number of nitrogens with zero attached hydrogens (tertiary/aromatic N) is 1. The Hall–Kier alpha value is -1.08. The first-order chi connectivity index (χ1) is 9.97. The largest absolute Gasteiger partial charge is 0.396 e. The molecule has 0 aliphatic heterocycles. The van der Waals surface area contributed by atoms with E-state index in [0.29, 0.717) is 25.0 Å². The van der Waals surface area contributed by atoms with Gasteiger partial charge in [-0.3, -0.25) is 0 Å². The Kier molecular flexibility index (Phi) is 11.0. The van der Waals surface area contributed by atoms with E-state index in [1.165, 1.54) is 0 Å². The standard InChI is InChI=1S/C15H27NO5/c1-11(2)14(18)15(21-8-5-7-17)13(16-19)10-12(3)6-9-20-4/h6,13-15,17-18H,1,5,7-10H2,2-4H3/b12-6+/t13-,14-,15-/m1/s1. The van der Waals surface area contributed by atoms with Crippen LogP contribution in [0, 0.1) is 4.91 Å². The summed E-state index contributed by atoms with van der Waals surface area (Å²) in [6.07, 6.45) is 0.930. The number of aliphatic hydroxyl groups excluding tert-OH is 2. The van der Waals surface area contributed by atoms with Crippen molar-refractivity contribution in [2.24, 2.45) is 5.18 Å². The number of aliphatic hydroxyl groups is 2. The van der Waals surface area contributed by atoms with Crippen LogP contribution in [0.3, 0.4) is 0 Å². The maximum absolute atomic E-state index is 11.1. The fraction of sp³-hybridized carbons (Fsp3) is 0.733. The summed E-state index contributed by atoms with van der Waals surface area (Å²) in [5.74, 6) is 0. The van der Waals surface area contributed by atoms with Crippen molar-refractivity contribution >= 4 is 0 Å². The lowest BCUT2D eigenvalue weighted by atomic mass is 9.95. The summed E-state index contributed by atoms with van der Waals surface area (Å²) in [7, 11) is 1.59. The average molecular weight is 301 g/mol. The molecule has 0 aromatic carbocycles. The van der Waals surface area contributed by atoms with Crippen LogP contribution in [0.15, 0.2) is 29.0 Å². The van der Waals surface area contributed by atoms with Gasteiger partial charge in [0.25, 0.3) is 0 Å². The maximum Gasteiger partial charge on any atom is 0.125 e. The number of rotatable bonds is 12. The number of ether oxygens (including phenoxy) is 2. The Bertz CT molecular complexity index is 343. The van der Waals surface area contributed by atoms with E-state index in [0.717, 1.165) is 5.57 Å². The Labute approximate surface area is 126 Å². The Balaban J connectivity index is 4.88. The Morgan fingerprint density at radius 2 is 2.10 bits per heavy atom. The van der Waals surface area contributed by atoms with Crippen molar-refractivity contribution in [3.05, 3.63) is 28.7 Å². The number of hydrogen-bond donors (Lipinski definition) is 2. The molecule has 6 nitrogen and oxygen atoms in total. The second-order valence-corrected chi connectivity index (χ2v) is 5.09. The third-order valence-electron chi connectivity index (χ3n) is 3.07. The van der Waals surface area contributed by atoms with Crippen LogP contribution in [0.2, 0.25) is 0 Å². The molecule has 6 heteroatoms. The number of nitroso groups, excluding NO2 is 1. The van der Waals surface area contributed by atoms with E-state index in [-0.39, 0.29) is 13.2 Å². The van der Waals surface area contributed by atoms with Crippen molar-refractivity contribution in [2.45, 2.75) is 44.9 Å². The molecule has 0 saturated heterocycles. The Morgan fingerprint density at radius 1 is 1.43 bits per heavy atom. The molecule has 0 aliphatic carbocycles. The van der Waals surface area contributed by atoms with Crippen LogP contribution in [0.5, 0.6) is 0 Å². The zero-order valence-corrected chi connectivity index (χ0v) is 13.1. The van der Waals surface area contributed by atoms with E-state index < -0.39 is 18.2 Å². The SMILES string of the molecule is C=C(C)[C@@H](O)[C@H](OCCCO)[C@@H](C/C(C)=C/COC)N=O. The van der Waals surface area contributed by atoms with Gasteiger partial charge in [-0.15, -0.1) is 0 Å². The van der Waals surface area contributed by atoms with E-state index in [1.54, 1.807) is 14.0 Å². The highest BCUT2D eigenvalue weighted by Gasteiger charge is 2.31. The molecule has 0 aromatic heterocycles. The molecule has 0 unspecified atom stereocenters. The molecule has 0 amide bonds. The first kappa shape index (κ1) is 19.9. The van der Waals surface area contributed by atoms with Crippen LogP contribution in [0.25, 0.3) is 0 Å². The molecule has 2 N–H and O–H groups in total. The van der Waals surface area contributed by atoms with E-state index in [2.05, 4.69) is 11.8 Å². The third kappa shape index (κ3) is 8.06. The Morgan fingerprint density at radius 3 is 2.57 bits per heavy atom. The molecule has 0 saturated carbocycles. The summed E-state index contributed by atoms with van der Waals surface area (Å²) < 4.78 is 10.5. The van der Waals surface area contributed by atoms with Gasteiger partial charge in [-0.05, 0) is 32.3 Å². The third-order valence-corrected chi connectivity index (χ3v) is 3.07. The smallest absolute Gasteiger partial charge is 0.125 e. The molecule has 0 fully saturated rings. The second-order valence-electron chi connectivity index (χ2n) is 5.09. The topological polar surface area (TPSA) is 88.3 Å². The molecule has 0 radical (unpaired) electrons. The molecule has 0 bridgehead atoms. The molecular weight excluding hydrogens is 274 g/mol. The van der Waals surface area contributed by atoms with Crippen molar-refractivity contribution in [3.63, 3.8) is 0 Å². The van der Waals surface area contributed by atoms with Crippen molar-refractivity contribution in [1.82, 2.24) is 0 Å². The van der Waals surface area contributed by atoms with Gasteiger partial charge < -0.3 is 19.7 Å². The van der Waals surface area contributed by atoms with Crippen molar-refractivity contribution in [1.29, 1.82) is 0 Å². The van der Waals surface area contributed by atoms with E-state index in [9.17, 15) is 10.0 Å². The molecule has 0 aliphatic rings. The highest BCUT2D eigenvalue weighted by Crippen LogP contribution is 2.20. The quantitative estimate of drug-likeness (QED) is 0.326. The van der Waals surface area contributed by atoms with Crippen molar-refractivity contribution < 1.29 is 19.7 Å². The summed E-state index contributed by atoms with van der Waals surface area (Å²) in [6.45, 7) is 7.92. The van der Waals surface area contributed by atoms with Gasteiger partial charge in [0.05, 0.1) is 6.61 Å². The first-order valence-electron chi connectivity index (χ1n) is 7.00. The van der Waals surface area contributed by atoms with Crippen LogP contribution in [-0.4, -0.2) is 55.4 Å². The zero-order valence-electron chi connectivity index (χ0n) is 13.1. The lowest BCUT2D eigenvalue weighted by Crippen LogP contribution is -2.39. The van der Waals surface area contributed by atoms with Crippen LogP contribution < -0.4 is 0 Å². The summed E-state index contributed by atoms with van der Waals surface area (Å²) >= 11 is 0. The summed E-state index contributed by atoms with van der Waals surface area (Å²) in [5, 5.41) is 22.0. The minimum Gasteiger partial charge on any atom is -0.396 e. The lowest BCUT2D eigenvalue weighted by Gasteiger charge is -2.27. The normalized spacial score (nSPS) is 16.3. The lowest BCUT2D eigenvalue weighted by molar-refractivity contribution is -0.0387. The second kappa shape index (κ2) is 11.6. The molecule has 0 rings (SSSR count). The van der Waals surface area contributed by atoms with Gasteiger partial charge in [0.15, 0.2) is 0 Å². The molecule has 122 valence electrons. The molecule has 0 aromatic rings. The van der Waals surface area contributed by atoms with Gasteiger partial charge in [0.2, 0.25) is 0 Å².